The largest absolute Gasteiger partial charge is 0.354 e. The number of aryl methyl sites for hydroxylation is 1. The summed E-state index contributed by atoms with van der Waals surface area (Å²) >= 11 is 1.78. The van der Waals surface area contributed by atoms with E-state index < -0.39 is 0 Å². The Labute approximate surface area is 125 Å². The quantitative estimate of drug-likeness (QED) is 0.648. The van der Waals surface area contributed by atoms with Gasteiger partial charge < -0.3 is 10.6 Å². The summed E-state index contributed by atoms with van der Waals surface area (Å²) in [6, 6.07) is 8.52. The zero-order valence-corrected chi connectivity index (χ0v) is 12.8. The number of rotatable bonds is 5. The smallest absolute Gasteiger partial charge is 0.237 e. The van der Waals surface area contributed by atoms with E-state index in [4.69, 9.17) is 0 Å². The number of carbonyl (C=O) groups is 1. The number of carbonyl (C=O) groups excluding carboxylic acids is 1. The van der Waals surface area contributed by atoms with Gasteiger partial charge in [0.1, 0.15) is 0 Å². The van der Waals surface area contributed by atoms with Crippen molar-refractivity contribution in [3.05, 3.63) is 29.8 Å². The SMILES string of the molecule is Cc1ccc(SCCNC(=O)C2CCCN2)cc1.Cl. The molecule has 0 bridgehead atoms. The van der Waals surface area contributed by atoms with E-state index in [1.807, 2.05) is 0 Å². The molecule has 5 heteroatoms. The monoisotopic (exact) mass is 300 g/mol. The van der Waals surface area contributed by atoms with Gasteiger partial charge in [0.2, 0.25) is 5.91 Å². The van der Waals surface area contributed by atoms with Gasteiger partial charge in [-0.2, -0.15) is 0 Å². The van der Waals surface area contributed by atoms with Gasteiger partial charge in [-0.05, 0) is 38.4 Å². The van der Waals surface area contributed by atoms with Gasteiger partial charge in [-0.25, -0.2) is 0 Å². The molecule has 2 N–H and O–H groups in total. The topological polar surface area (TPSA) is 41.1 Å². The third-order valence-electron chi connectivity index (χ3n) is 3.07. The fraction of sp³-hybridized carbons (Fsp3) is 0.500. The van der Waals surface area contributed by atoms with Crippen LogP contribution in [0.3, 0.4) is 0 Å². The summed E-state index contributed by atoms with van der Waals surface area (Å²) in [6.45, 7) is 3.79. The summed E-state index contributed by atoms with van der Waals surface area (Å²) in [5.41, 5.74) is 1.28. The fourth-order valence-corrected chi connectivity index (χ4v) is 2.78. The molecular formula is C14H21ClN2OS. The minimum absolute atomic E-state index is 0. The summed E-state index contributed by atoms with van der Waals surface area (Å²) < 4.78 is 0. The maximum Gasteiger partial charge on any atom is 0.237 e. The molecule has 3 nitrogen and oxygen atoms in total. The maximum absolute atomic E-state index is 11.7. The van der Waals surface area contributed by atoms with E-state index in [-0.39, 0.29) is 24.4 Å². The first-order valence-corrected chi connectivity index (χ1v) is 7.45. The van der Waals surface area contributed by atoms with E-state index in [2.05, 4.69) is 41.8 Å². The molecule has 1 aliphatic heterocycles. The van der Waals surface area contributed by atoms with Crippen LogP contribution in [-0.4, -0.2) is 30.8 Å². The van der Waals surface area contributed by atoms with Gasteiger partial charge in [0, 0.05) is 17.2 Å². The summed E-state index contributed by atoms with van der Waals surface area (Å²) in [7, 11) is 0. The summed E-state index contributed by atoms with van der Waals surface area (Å²) in [5, 5.41) is 6.19. The number of hydrogen-bond acceptors (Lipinski definition) is 3. The highest BCUT2D eigenvalue weighted by Crippen LogP contribution is 2.17. The van der Waals surface area contributed by atoms with Crippen LogP contribution in [0.2, 0.25) is 0 Å². The summed E-state index contributed by atoms with van der Waals surface area (Å²) in [6.07, 6.45) is 2.08. The van der Waals surface area contributed by atoms with Crippen LogP contribution in [0.5, 0.6) is 0 Å². The maximum atomic E-state index is 11.7. The van der Waals surface area contributed by atoms with Gasteiger partial charge >= 0.3 is 0 Å². The van der Waals surface area contributed by atoms with Crippen molar-refractivity contribution in [2.75, 3.05) is 18.8 Å². The van der Waals surface area contributed by atoms with Gasteiger partial charge in [0.05, 0.1) is 6.04 Å². The molecule has 1 aliphatic rings. The van der Waals surface area contributed by atoms with E-state index in [1.165, 1.54) is 10.5 Å². The Hall–Kier alpha value is -0.710. The van der Waals surface area contributed by atoms with E-state index in [9.17, 15) is 4.79 Å². The molecule has 1 saturated heterocycles. The van der Waals surface area contributed by atoms with Gasteiger partial charge in [-0.1, -0.05) is 17.7 Å². The molecule has 1 atom stereocenters. The van der Waals surface area contributed by atoms with Crippen molar-refractivity contribution in [2.24, 2.45) is 0 Å². The van der Waals surface area contributed by atoms with Crippen LogP contribution in [0.1, 0.15) is 18.4 Å². The summed E-state index contributed by atoms with van der Waals surface area (Å²) in [5.74, 6) is 1.07. The lowest BCUT2D eigenvalue weighted by atomic mass is 10.2. The first-order valence-electron chi connectivity index (χ1n) is 6.46. The van der Waals surface area contributed by atoms with E-state index >= 15 is 0 Å². The van der Waals surface area contributed by atoms with Crippen molar-refractivity contribution in [1.82, 2.24) is 10.6 Å². The standard InChI is InChI=1S/C14H20N2OS.ClH/c1-11-4-6-12(7-5-11)18-10-9-16-14(17)13-3-2-8-15-13;/h4-7,13,15H,2-3,8-10H2,1H3,(H,16,17);1H. The lowest BCUT2D eigenvalue weighted by Gasteiger charge is -2.10. The molecule has 1 heterocycles. The first kappa shape index (κ1) is 16.3. The summed E-state index contributed by atoms with van der Waals surface area (Å²) in [4.78, 5) is 13.0. The normalized spacial score (nSPS) is 17.8. The molecule has 1 amide bonds. The molecule has 1 unspecified atom stereocenters. The van der Waals surface area contributed by atoms with Crippen molar-refractivity contribution in [3.8, 4) is 0 Å². The second kappa shape index (κ2) is 8.46. The molecule has 2 rings (SSSR count). The molecular weight excluding hydrogens is 280 g/mol. The van der Waals surface area contributed by atoms with Gasteiger partial charge in [-0.3, -0.25) is 4.79 Å². The first-order chi connectivity index (χ1) is 8.75. The van der Waals surface area contributed by atoms with E-state index in [0.717, 1.165) is 31.7 Å². The zero-order chi connectivity index (χ0) is 12.8. The van der Waals surface area contributed by atoms with Gasteiger partial charge in [0.25, 0.3) is 0 Å². The number of thioether (sulfide) groups is 1. The Balaban J connectivity index is 0.00000180. The van der Waals surface area contributed by atoms with Crippen LogP contribution >= 0.6 is 24.2 Å². The fourth-order valence-electron chi connectivity index (χ4n) is 2.01. The highest BCUT2D eigenvalue weighted by molar-refractivity contribution is 7.99. The Morgan fingerprint density at radius 2 is 2.16 bits per heavy atom. The Kier molecular flexibility index (Phi) is 7.28. The third kappa shape index (κ3) is 5.43. The van der Waals surface area contributed by atoms with Gasteiger partial charge in [-0.15, -0.1) is 24.2 Å². The van der Waals surface area contributed by atoms with Crippen molar-refractivity contribution < 1.29 is 4.79 Å². The van der Waals surface area contributed by atoms with Crippen LogP contribution in [0.15, 0.2) is 29.2 Å². The number of nitrogens with one attached hydrogen (secondary N) is 2. The van der Waals surface area contributed by atoms with E-state index in [0.29, 0.717) is 0 Å². The minimum Gasteiger partial charge on any atom is -0.354 e. The second-order valence-corrected chi connectivity index (χ2v) is 5.77. The molecule has 1 aromatic carbocycles. The number of amides is 1. The predicted molar refractivity (Wildman–Crippen MR) is 83.2 cm³/mol. The lowest BCUT2D eigenvalue weighted by molar-refractivity contribution is -0.122. The van der Waals surface area contributed by atoms with Crippen molar-refractivity contribution in [2.45, 2.75) is 30.7 Å². The molecule has 0 radical (unpaired) electrons. The molecule has 0 aromatic heterocycles. The average Bonchev–Trinajstić information content (AvgIpc) is 2.90. The average molecular weight is 301 g/mol. The van der Waals surface area contributed by atoms with Crippen LogP contribution in [0.25, 0.3) is 0 Å². The third-order valence-corrected chi connectivity index (χ3v) is 4.08. The highest BCUT2D eigenvalue weighted by Gasteiger charge is 2.20. The van der Waals surface area contributed by atoms with Crippen molar-refractivity contribution in [1.29, 1.82) is 0 Å². The van der Waals surface area contributed by atoms with Crippen LogP contribution in [0.4, 0.5) is 0 Å². The van der Waals surface area contributed by atoms with Crippen LogP contribution < -0.4 is 10.6 Å². The molecule has 0 saturated carbocycles. The van der Waals surface area contributed by atoms with E-state index in [1.54, 1.807) is 11.8 Å². The number of halogens is 1. The molecule has 1 aromatic rings. The minimum atomic E-state index is 0. The highest BCUT2D eigenvalue weighted by atomic mass is 35.5. The molecule has 0 spiro atoms. The lowest BCUT2D eigenvalue weighted by Crippen LogP contribution is -2.41. The molecule has 106 valence electrons. The predicted octanol–water partition coefficient (Wildman–Crippen LogP) is 2.38. The molecule has 0 aliphatic carbocycles. The van der Waals surface area contributed by atoms with Crippen molar-refractivity contribution >= 4 is 30.1 Å². The molecule has 1 fully saturated rings. The number of hydrogen-bond donors (Lipinski definition) is 2. The number of benzene rings is 1. The second-order valence-electron chi connectivity index (χ2n) is 4.60. The van der Waals surface area contributed by atoms with Gasteiger partial charge in [0.15, 0.2) is 0 Å². The zero-order valence-electron chi connectivity index (χ0n) is 11.1. The Morgan fingerprint density at radius 1 is 1.42 bits per heavy atom. The molecule has 19 heavy (non-hydrogen) atoms. The van der Waals surface area contributed by atoms with Crippen LogP contribution in [-0.2, 0) is 4.79 Å². The van der Waals surface area contributed by atoms with Crippen LogP contribution in [0, 0.1) is 6.92 Å². The Morgan fingerprint density at radius 3 is 2.79 bits per heavy atom. The van der Waals surface area contributed by atoms with Crippen molar-refractivity contribution in [3.63, 3.8) is 0 Å². The Bertz CT molecular complexity index is 391.